The maximum Gasteiger partial charge on any atom is 0.498 e. The van der Waals surface area contributed by atoms with Gasteiger partial charge in [0.1, 0.15) is 0 Å². The van der Waals surface area contributed by atoms with Crippen LogP contribution < -0.4 is 19.7 Å². The van der Waals surface area contributed by atoms with Crippen LogP contribution in [0.3, 0.4) is 0 Å². The van der Waals surface area contributed by atoms with E-state index in [0.717, 1.165) is 11.9 Å². The fraction of sp³-hybridized carbons (Fsp3) is 0.647. The van der Waals surface area contributed by atoms with E-state index in [1.165, 1.54) is 0 Å². The molecular formula is C17H27BO5. The van der Waals surface area contributed by atoms with E-state index < -0.39 is 18.3 Å². The largest absolute Gasteiger partial charge is 0.498 e. The number of benzene rings is 1. The summed E-state index contributed by atoms with van der Waals surface area (Å²) in [5.74, 6) is 1.82. The van der Waals surface area contributed by atoms with E-state index in [-0.39, 0.29) is 0 Å². The lowest BCUT2D eigenvalue weighted by molar-refractivity contribution is 0.00578. The summed E-state index contributed by atoms with van der Waals surface area (Å²) in [4.78, 5) is 0. The SMILES string of the molecule is CCCOc1c(OC)ccc(B2OC(C)(C)C(C)(C)O2)c1OC. The number of methoxy groups -OCH3 is 2. The maximum absolute atomic E-state index is 6.13. The molecule has 0 unspecified atom stereocenters. The highest BCUT2D eigenvalue weighted by Crippen LogP contribution is 2.40. The lowest BCUT2D eigenvalue weighted by Crippen LogP contribution is -2.41. The summed E-state index contributed by atoms with van der Waals surface area (Å²) in [6.07, 6.45) is 0.896. The van der Waals surface area contributed by atoms with Crippen LogP contribution in [0, 0.1) is 0 Å². The minimum absolute atomic E-state index is 0.410. The van der Waals surface area contributed by atoms with Gasteiger partial charge in [-0.15, -0.1) is 0 Å². The van der Waals surface area contributed by atoms with Crippen LogP contribution >= 0.6 is 0 Å². The molecule has 1 aromatic rings. The summed E-state index contributed by atoms with van der Waals surface area (Å²) >= 11 is 0. The van der Waals surface area contributed by atoms with E-state index >= 15 is 0 Å². The molecule has 0 N–H and O–H groups in total. The van der Waals surface area contributed by atoms with Gasteiger partial charge in [-0.05, 0) is 40.2 Å². The highest BCUT2D eigenvalue weighted by atomic mass is 16.7. The van der Waals surface area contributed by atoms with Crippen molar-refractivity contribution in [1.82, 2.24) is 0 Å². The van der Waals surface area contributed by atoms with E-state index in [4.69, 9.17) is 23.5 Å². The standard InChI is InChI=1S/C17H27BO5/c1-8-11-21-15-13(19-6)10-9-12(14(15)20-7)18-22-16(2,3)17(4,5)23-18/h9-10H,8,11H2,1-7H3. The molecule has 5 nitrogen and oxygen atoms in total. The first-order valence-electron chi connectivity index (χ1n) is 8.00. The molecule has 0 aliphatic carbocycles. The second-order valence-corrected chi connectivity index (χ2v) is 6.66. The molecule has 1 aliphatic heterocycles. The van der Waals surface area contributed by atoms with Crippen molar-refractivity contribution in [2.45, 2.75) is 52.2 Å². The van der Waals surface area contributed by atoms with Crippen LogP contribution in [0.4, 0.5) is 0 Å². The van der Waals surface area contributed by atoms with Gasteiger partial charge in [0, 0.05) is 5.46 Å². The molecule has 0 bridgehead atoms. The molecule has 1 fully saturated rings. The van der Waals surface area contributed by atoms with Crippen LogP contribution in [0.5, 0.6) is 17.2 Å². The molecule has 23 heavy (non-hydrogen) atoms. The minimum atomic E-state index is -0.509. The quantitative estimate of drug-likeness (QED) is 0.754. The average molecular weight is 322 g/mol. The van der Waals surface area contributed by atoms with Gasteiger partial charge < -0.3 is 23.5 Å². The predicted octanol–water partition coefficient (Wildman–Crippen LogP) is 2.79. The van der Waals surface area contributed by atoms with Crippen LogP contribution in [0.2, 0.25) is 0 Å². The summed E-state index contributed by atoms with van der Waals surface area (Å²) in [5.41, 5.74) is -0.0156. The van der Waals surface area contributed by atoms with Gasteiger partial charge >= 0.3 is 7.12 Å². The highest BCUT2D eigenvalue weighted by molar-refractivity contribution is 6.63. The molecule has 1 heterocycles. The third-order valence-electron chi connectivity index (χ3n) is 4.49. The van der Waals surface area contributed by atoms with E-state index in [9.17, 15) is 0 Å². The first kappa shape index (κ1) is 18.0. The lowest BCUT2D eigenvalue weighted by Gasteiger charge is -2.32. The predicted molar refractivity (Wildman–Crippen MR) is 91.0 cm³/mol. The van der Waals surface area contributed by atoms with Crippen molar-refractivity contribution in [3.8, 4) is 17.2 Å². The Morgan fingerprint density at radius 1 is 0.957 bits per heavy atom. The molecule has 0 radical (unpaired) electrons. The summed E-state index contributed by atoms with van der Waals surface area (Å²) in [5, 5.41) is 0. The summed E-state index contributed by atoms with van der Waals surface area (Å²) < 4.78 is 29.1. The molecule has 0 spiro atoms. The van der Waals surface area contributed by atoms with Gasteiger partial charge in [0.05, 0.1) is 32.0 Å². The molecule has 1 saturated heterocycles. The molecule has 2 rings (SSSR count). The van der Waals surface area contributed by atoms with Crippen molar-refractivity contribution in [2.75, 3.05) is 20.8 Å². The van der Waals surface area contributed by atoms with Gasteiger partial charge in [0.15, 0.2) is 11.5 Å². The van der Waals surface area contributed by atoms with Crippen LogP contribution in [-0.2, 0) is 9.31 Å². The molecule has 0 amide bonds. The van der Waals surface area contributed by atoms with Crippen molar-refractivity contribution in [3.05, 3.63) is 12.1 Å². The van der Waals surface area contributed by atoms with Crippen LogP contribution in [-0.4, -0.2) is 39.1 Å². The topological polar surface area (TPSA) is 46.2 Å². The molecule has 6 heteroatoms. The molecule has 1 aromatic carbocycles. The number of ether oxygens (including phenoxy) is 3. The Morgan fingerprint density at radius 2 is 1.57 bits per heavy atom. The van der Waals surface area contributed by atoms with Gasteiger partial charge in [-0.2, -0.15) is 0 Å². The highest BCUT2D eigenvalue weighted by Gasteiger charge is 2.52. The first-order valence-corrected chi connectivity index (χ1v) is 8.00. The van der Waals surface area contributed by atoms with Crippen molar-refractivity contribution in [2.24, 2.45) is 0 Å². The second kappa shape index (κ2) is 6.61. The average Bonchev–Trinajstić information content (AvgIpc) is 2.72. The van der Waals surface area contributed by atoms with Gasteiger partial charge in [0.2, 0.25) is 5.75 Å². The van der Waals surface area contributed by atoms with Crippen LogP contribution in [0.25, 0.3) is 0 Å². The number of rotatable bonds is 6. The Labute approximate surface area is 139 Å². The zero-order valence-electron chi connectivity index (χ0n) is 15.2. The summed E-state index contributed by atoms with van der Waals surface area (Å²) in [7, 11) is 2.72. The smallest absolute Gasteiger partial charge is 0.493 e. The fourth-order valence-electron chi connectivity index (χ4n) is 2.43. The van der Waals surface area contributed by atoms with Crippen molar-refractivity contribution in [1.29, 1.82) is 0 Å². The Bertz CT molecular complexity index is 540. The summed E-state index contributed by atoms with van der Waals surface area (Å²) in [6, 6.07) is 3.76. The molecule has 0 aromatic heterocycles. The Morgan fingerprint density at radius 3 is 2.04 bits per heavy atom. The molecule has 128 valence electrons. The zero-order valence-corrected chi connectivity index (χ0v) is 15.2. The molecule has 1 aliphatic rings. The van der Waals surface area contributed by atoms with E-state index in [1.54, 1.807) is 14.2 Å². The third kappa shape index (κ3) is 3.28. The van der Waals surface area contributed by atoms with Crippen molar-refractivity contribution >= 4 is 12.6 Å². The second-order valence-electron chi connectivity index (χ2n) is 6.66. The molecule has 0 saturated carbocycles. The lowest BCUT2D eigenvalue weighted by atomic mass is 9.78. The number of hydrogen-bond donors (Lipinski definition) is 0. The van der Waals surface area contributed by atoms with Crippen LogP contribution in [0.1, 0.15) is 41.0 Å². The van der Waals surface area contributed by atoms with Crippen molar-refractivity contribution < 1.29 is 23.5 Å². The van der Waals surface area contributed by atoms with E-state index in [1.807, 2.05) is 39.8 Å². The molecular weight excluding hydrogens is 295 g/mol. The minimum Gasteiger partial charge on any atom is -0.493 e. The zero-order chi connectivity index (χ0) is 17.3. The van der Waals surface area contributed by atoms with Gasteiger partial charge in [0.25, 0.3) is 0 Å². The first-order chi connectivity index (χ1) is 10.8. The Hall–Kier alpha value is -1.40. The summed E-state index contributed by atoms with van der Waals surface area (Å²) in [6.45, 7) is 10.7. The van der Waals surface area contributed by atoms with Gasteiger partial charge in [-0.1, -0.05) is 13.0 Å². The van der Waals surface area contributed by atoms with Crippen molar-refractivity contribution in [3.63, 3.8) is 0 Å². The third-order valence-corrected chi connectivity index (χ3v) is 4.49. The monoisotopic (exact) mass is 322 g/mol. The maximum atomic E-state index is 6.13. The van der Waals surface area contributed by atoms with Gasteiger partial charge in [-0.3, -0.25) is 0 Å². The van der Waals surface area contributed by atoms with Gasteiger partial charge in [-0.25, -0.2) is 0 Å². The fourth-order valence-corrected chi connectivity index (χ4v) is 2.43. The Kier molecular flexibility index (Phi) is 5.16. The van der Waals surface area contributed by atoms with E-state index in [2.05, 4.69) is 6.92 Å². The number of hydrogen-bond acceptors (Lipinski definition) is 5. The normalized spacial score (nSPS) is 18.8. The Balaban J connectivity index is 2.44. The molecule has 0 atom stereocenters. The van der Waals surface area contributed by atoms with Crippen LogP contribution in [0.15, 0.2) is 12.1 Å². The van der Waals surface area contributed by atoms with E-state index in [0.29, 0.717) is 23.9 Å².